The van der Waals surface area contributed by atoms with Crippen LogP contribution in [0.15, 0.2) is 108 Å². The first-order valence-electron chi connectivity index (χ1n) is 11.2. The molecule has 1 atom stereocenters. The van der Waals surface area contributed by atoms with Crippen LogP contribution >= 0.6 is 23.2 Å². The Hall–Kier alpha value is -4.27. The van der Waals surface area contributed by atoms with Crippen LogP contribution in [-0.4, -0.2) is 39.2 Å². The predicted octanol–water partition coefficient (Wildman–Crippen LogP) is 5.90. The Morgan fingerprint density at radius 2 is 1.76 bits per heavy atom. The standard InChI is InChI=1S/C28H22Cl2N2O6/c1-17(6-3-7-18(2)31(38)15-5-10-23(33)34)26(35)24-25(19-11-13-20(29)14-12-19)32(28(37)27(24)36)22-9-4-8-21(30)16-22/h3-14,16,25H,2,15H2,1H3,(H-,33,34,35,36)/p+1. The highest BCUT2D eigenvalue weighted by Gasteiger charge is 2.46. The highest BCUT2D eigenvalue weighted by atomic mass is 35.5. The summed E-state index contributed by atoms with van der Waals surface area (Å²) in [7, 11) is 0. The number of Topliss-reactive ketones (excluding diaryl/α,β-unsaturated/α-hetero) is 1. The van der Waals surface area contributed by atoms with E-state index >= 15 is 0 Å². The number of allylic oxidation sites excluding steroid dienone is 4. The molecule has 0 bridgehead atoms. The third kappa shape index (κ3) is 6.53. The third-order valence-electron chi connectivity index (χ3n) is 5.58. The molecule has 2 N–H and O–H groups in total. The van der Waals surface area contributed by atoms with E-state index in [1.807, 2.05) is 0 Å². The second-order valence-corrected chi connectivity index (χ2v) is 9.08. The first-order valence-corrected chi connectivity index (χ1v) is 12.0. The monoisotopic (exact) mass is 553 g/mol. The number of ketones is 1. The van der Waals surface area contributed by atoms with Gasteiger partial charge in [0.15, 0.2) is 0 Å². The fourth-order valence-electron chi connectivity index (χ4n) is 3.73. The Labute approximate surface area is 228 Å². The number of benzene rings is 2. The molecule has 0 spiro atoms. The van der Waals surface area contributed by atoms with Crippen molar-refractivity contribution in [2.24, 2.45) is 0 Å². The Bertz CT molecular complexity index is 1440. The van der Waals surface area contributed by atoms with Gasteiger partial charge in [0.2, 0.25) is 12.2 Å². The molecule has 1 fully saturated rings. The lowest BCUT2D eigenvalue weighted by Gasteiger charge is -2.25. The lowest BCUT2D eigenvalue weighted by Crippen LogP contribution is -2.29. The second-order valence-electron chi connectivity index (χ2n) is 8.20. The first kappa shape index (κ1) is 28.3. The SMILES string of the molecule is C=C(C=CC=C(C)C(O)=C1C(=O)C(=O)N(c2cccc(Cl)c2)C1c1ccc(Cl)cc1)[N+](=O)CC=CC(=O)O. The van der Waals surface area contributed by atoms with Gasteiger partial charge in [0.1, 0.15) is 5.76 Å². The summed E-state index contributed by atoms with van der Waals surface area (Å²) >= 11 is 12.2. The molecule has 1 saturated heterocycles. The maximum atomic E-state index is 13.2. The topological polar surface area (TPSA) is 115 Å². The van der Waals surface area contributed by atoms with Gasteiger partial charge in [-0.1, -0.05) is 53.6 Å². The molecule has 1 unspecified atom stereocenters. The molecule has 1 amide bonds. The van der Waals surface area contributed by atoms with Crippen LogP contribution in [0.2, 0.25) is 10.0 Å². The number of carbonyl (C=O) groups is 3. The van der Waals surface area contributed by atoms with Gasteiger partial charge in [0.25, 0.3) is 11.7 Å². The van der Waals surface area contributed by atoms with Gasteiger partial charge in [-0.15, -0.1) is 0 Å². The quantitative estimate of drug-likeness (QED) is 0.131. The number of carbonyl (C=O) groups excluding carboxylic acids is 2. The zero-order valence-corrected chi connectivity index (χ0v) is 21.7. The molecule has 10 heteroatoms. The normalized spacial score (nSPS) is 17.5. The van der Waals surface area contributed by atoms with Crippen LogP contribution in [0.1, 0.15) is 18.5 Å². The van der Waals surface area contributed by atoms with Crippen LogP contribution in [0, 0.1) is 4.91 Å². The Balaban J connectivity index is 1.99. The minimum Gasteiger partial charge on any atom is -0.507 e. The fraction of sp³-hybridized carbons (Fsp3) is 0.107. The van der Waals surface area contributed by atoms with Crippen molar-refractivity contribution in [2.45, 2.75) is 13.0 Å². The number of hydrogen-bond acceptors (Lipinski definition) is 5. The van der Waals surface area contributed by atoms with E-state index in [1.165, 1.54) is 29.2 Å². The number of halogens is 2. The van der Waals surface area contributed by atoms with Crippen LogP contribution in [0.3, 0.4) is 0 Å². The summed E-state index contributed by atoms with van der Waals surface area (Å²) in [5.41, 5.74) is 1.09. The van der Waals surface area contributed by atoms with Crippen LogP contribution in [-0.2, 0) is 14.4 Å². The molecule has 8 nitrogen and oxygen atoms in total. The number of anilines is 1. The summed E-state index contributed by atoms with van der Waals surface area (Å²) < 4.78 is 0.482. The van der Waals surface area contributed by atoms with Crippen molar-refractivity contribution in [3.63, 3.8) is 0 Å². The molecule has 2 aromatic carbocycles. The summed E-state index contributed by atoms with van der Waals surface area (Å²) in [4.78, 5) is 50.1. The van der Waals surface area contributed by atoms with E-state index in [2.05, 4.69) is 6.58 Å². The minimum absolute atomic E-state index is 0.0366. The lowest BCUT2D eigenvalue weighted by molar-refractivity contribution is -0.482. The van der Waals surface area contributed by atoms with Crippen molar-refractivity contribution in [2.75, 3.05) is 11.4 Å². The number of aliphatic hydroxyl groups is 1. The molecular formula is C28H23Cl2N2O6+. The molecule has 3 rings (SSSR count). The molecule has 1 aliphatic heterocycles. The third-order valence-corrected chi connectivity index (χ3v) is 6.06. The zero-order valence-electron chi connectivity index (χ0n) is 20.2. The van der Waals surface area contributed by atoms with Crippen LogP contribution in [0.25, 0.3) is 0 Å². The van der Waals surface area contributed by atoms with Gasteiger partial charge in [0.05, 0.1) is 11.6 Å². The summed E-state index contributed by atoms with van der Waals surface area (Å²) in [5, 5.41) is 20.5. The smallest absolute Gasteiger partial charge is 0.328 e. The largest absolute Gasteiger partial charge is 0.507 e. The molecule has 194 valence electrons. The van der Waals surface area contributed by atoms with Crippen molar-refractivity contribution in [1.82, 2.24) is 0 Å². The molecule has 1 heterocycles. The van der Waals surface area contributed by atoms with Gasteiger partial charge < -0.3 is 10.2 Å². The van der Waals surface area contributed by atoms with E-state index in [9.17, 15) is 24.4 Å². The van der Waals surface area contributed by atoms with Crippen LogP contribution in [0.5, 0.6) is 0 Å². The number of amides is 1. The molecule has 0 radical (unpaired) electrons. The summed E-state index contributed by atoms with van der Waals surface area (Å²) in [6.45, 7) is 4.94. The van der Waals surface area contributed by atoms with Crippen molar-refractivity contribution in [3.8, 4) is 0 Å². The number of carboxylic acid groups (broad SMARTS) is 1. The number of aliphatic carboxylic acids is 1. The van der Waals surface area contributed by atoms with E-state index in [-0.39, 0.29) is 23.4 Å². The fourth-order valence-corrected chi connectivity index (χ4v) is 4.04. The average molecular weight is 554 g/mol. The van der Waals surface area contributed by atoms with Crippen molar-refractivity contribution in [1.29, 1.82) is 0 Å². The van der Waals surface area contributed by atoms with Crippen molar-refractivity contribution < 1.29 is 29.4 Å². The second kappa shape index (κ2) is 12.3. The summed E-state index contributed by atoms with van der Waals surface area (Å²) in [6, 6.07) is 12.1. The number of aliphatic hydroxyl groups excluding tert-OH is 1. The predicted molar refractivity (Wildman–Crippen MR) is 145 cm³/mol. The van der Waals surface area contributed by atoms with Crippen LogP contribution < -0.4 is 4.90 Å². The minimum atomic E-state index is -1.17. The van der Waals surface area contributed by atoms with E-state index in [1.54, 1.807) is 55.5 Å². The lowest BCUT2D eigenvalue weighted by atomic mass is 9.95. The number of nitroso groups, excluding NO2 is 1. The van der Waals surface area contributed by atoms with Gasteiger partial charge >= 0.3 is 5.97 Å². The number of rotatable bonds is 9. The van der Waals surface area contributed by atoms with Gasteiger partial charge in [-0.25, -0.2) is 4.79 Å². The van der Waals surface area contributed by atoms with E-state index in [0.29, 0.717) is 26.1 Å². The Kier molecular flexibility index (Phi) is 9.17. The molecule has 38 heavy (non-hydrogen) atoms. The summed E-state index contributed by atoms with van der Waals surface area (Å²) in [6.07, 6.45) is 6.27. The molecule has 0 aromatic heterocycles. The van der Waals surface area contributed by atoms with Gasteiger partial charge in [-0.2, -0.15) is 0 Å². The van der Waals surface area contributed by atoms with E-state index in [0.717, 1.165) is 6.08 Å². The molecular weight excluding hydrogens is 531 g/mol. The maximum Gasteiger partial charge on any atom is 0.328 e. The zero-order chi connectivity index (χ0) is 28.0. The molecule has 2 aromatic rings. The number of hydrogen-bond donors (Lipinski definition) is 2. The molecule has 0 aliphatic carbocycles. The van der Waals surface area contributed by atoms with Crippen molar-refractivity contribution in [3.05, 3.63) is 129 Å². The molecule has 0 saturated carbocycles. The molecule has 1 aliphatic rings. The first-order chi connectivity index (χ1) is 18.0. The number of carboxylic acids is 1. The Morgan fingerprint density at radius 1 is 1.08 bits per heavy atom. The van der Waals surface area contributed by atoms with E-state index < -0.39 is 29.5 Å². The van der Waals surface area contributed by atoms with Crippen molar-refractivity contribution >= 4 is 46.5 Å². The Morgan fingerprint density at radius 3 is 2.39 bits per heavy atom. The maximum absolute atomic E-state index is 13.2. The average Bonchev–Trinajstić information content (AvgIpc) is 3.13. The highest BCUT2D eigenvalue weighted by molar-refractivity contribution is 6.51. The van der Waals surface area contributed by atoms with Gasteiger partial charge in [-0.05, 0) is 61.0 Å². The van der Waals surface area contributed by atoms with Gasteiger partial charge in [-0.3, -0.25) is 14.5 Å². The number of nitrogens with zero attached hydrogens (tertiary/aromatic N) is 2. The van der Waals surface area contributed by atoms with Crippen LogP contribution in [0.4, 0.5) is 5.69 Å². The summed E-state index contributed by atoms with van der Waals surface area (Å²) in [5.74, 6) is -3.28. The van der Waals surface area contributed by atoms with E-state index in [4.69, 9.17) is 28.3 Å². The van der Waals surface area contributed by atoms with Gasteiger partial charge in [0, 0.05) is 37.6 Å². The highest BCUT2D eigenvalue weighted by Crippen LogP contribution is 2.42.